The summed E-state index contributed by atoms with van der Waals surface area (Å²) in [6.07, 6.45) is 2.04. The van der Waals surface area contributed by atoms with Crippen molar-refractivity contribution in [3.05, 3.63) is 41.7 Å². The fourth-order valence-corrected chi connectivity index (χ4v) is 1.60. The Kier molecular flexibility index (Phi) is 3.77. The molecule has 0 saturated carbocycles. The monoisotopic (exact) mass is 250 g/mol. The van der Waals surface area contributed by atoms with Crippen molar-refractivity contribution >= 4 is 17.8 Å². The number of oxime groups is 1. The predicted octanol–water partition coefficient (Wildman–Crippen LogP) is 3.08. The maximum absolute atomic E-state index is 8.32. The molecule has 0 aliphatic carbocycles. The highest BCUT2D eigenvalue weighted by atomic mass is 35.5. The lowest BCUT2D eigenvalue weighted by molar-refractivity contribution is 0.321. The highest BCUT2D eigenvalue weighted by Crippen LogP contribution is 2.20. The fourth-order valence-electron chi connectivity index (χ4n) is 1.47. The van der Waals surface area contributed by atoms with Crippen molar-refractivity contribution in [2.45, 2.75) is 12.3 Å². The summed E-state index contributed by atoms with van der Waals surface area (Å²) < 4.78 is 5.03. The molecule has 0 aliphatic rings. The van der Waals surface area contributed by atoms with E-state index in [4.69, 9.17) is 21.3 Å². The second-order valence-corrected chi connectivity index (χ2v) is 3.78. The van der Waals surface area contributed by atoms with E-state index in [-0.39, 0.29) is 0 Å². The number of rotatable bonds is 4. The largest absolute Gasteiger partial charge is 0.411 e. The van der Waals surface area contributed by atoms with Gasteiger partial charge in [0.15, 0.2) is 5.76 Å². The third-order valence-corrected chi connectivity index (χ3v) is 2.61. The minimum Gasteiger partial charge on any atom is -0.411 e. The number of nitrogens with zero attached hydrogens (tertiary/aromatic N) is 2. The van der Waals surface area contributed by atoms with Gasteiger partial charge in [-0.25, -0.2) is 0 Å². The number of aromatic nitrogens is 1. The van der Waals surface area contributed by atoms with Gasteiger partial charge in [-0.05, 0) is 5.56 Å². The summed E-state index contributed by atoms with van der Waals surface area (Å²) in [4.78, 5) is 0. The molecule has 4 nitrogen and oxygen atoms in total. The van der Waals surface area contributed by atoms with Crippen LogP contribution in [0.1, 0.15) is 11.3 Å². The van der Waals surface area contributed by atoms with Crippen molar-refractivity contribution in [2.24, 2.45) is 5.16 Å². The number of hydrogen-bond donors (Lipinski definition) is 1. The number of halogens is 1. The Balaban J connectivity index is 2.17. The highest BCUT2D eigenvalue weighted by Gasteiger charge is 2.05. The van der Waals surface area contributed by atoms with Gasteiger partial charge in [-0.2, -0.15) is 0 Å². The molecular formula is C12H11ClN2O2. The van der Waals surface area contributed by atoms with Crippen LogP contribution in [0.5, 0.6) is 0 Å². The number of hydrogen-bond acceptors (Lipinski definition) is 4. The third kappa shape index (κ3) is 2.85. The lowest BCUT2D eigenvalue weighted by Gasteiger charge is -1.98. The van der Waals surface area contributed by atoms with E-state index < -0.39 is 0 Å². The third-order valence-electron chi connectivity index (χ3n) is 2.35. The molecule has 1 heterocycles. The Labute approximate surface area is 103 Å². The molecule has 2 rings (SSSR count). The fraction of sp³-hybridized carbons (Fsp3) is 0.167. The van der Waals surface area contributed by atoms with Gasteiger partial charge >= 0.3 is 0 Å². The van der Waals surface area contributed by atoms with Crippen LogP contribution in [0, 0.1) is 0 Å². The Morgan fingerprint density at radius 2 is 2.12 bits per heavy atom. The van der Waals surface area contributed by atoms with E-state index in [0.29, 0.717) is 18.1 Å². The molecule has 2 aromatic rings. The molecule has 0 atom stereocenters. The summed E-state index contributed by atoms with van der Waals surface area (Å²) in [5.41, 5.74) is 2.80. The van der Waals surface area contributed by atoms with Crippen LogP contribution >= 0.6 is 11.6 Å². The van der Waals surface area contributed by atoms with Crippen LogP contribution in [0.3, 0.4) is 0 Å². The van der Waals surface area contributed by atoms with Crippen LogP contribution < -0.4 is 0 Å². The molecule has 0 aliphatic heterocycles. The smallest absolute Gasteiger partial charge is 0.152 e. The van der Waals surface area contributed by atoms with E-state index in [1.54, 1.807) is 0 Å². The minimum atomic E-state index is 0.318. The van der Waals surface area contributed by atoms with Crippen molar-refractivity contribution in [1.29, 1.82) is 0 Å². The van der Waals surface area contributed by atoms with E-state index in [1.807, 2.05) is 30.3 Å². The first-order valence-electron chi connectivity index (χ1n) is 5.10. The van der Waals surface area contributed by atoms with Crippen LogP contribution in [0.4, 0.5) is 0 Å². The van der Waals surface area contributed by atoms with Gasteiger partial charge in [0.05, 0.1) is 5.88 Å². The van der Waals surface area contributed by atoms with Crippen molar-refractivity contribution in [1.82, 2.24) is 5.16 Å². The van der Waals surface area contributed by atoms with Crippen LogP contribution in [0.2, 0.25) is 0 Å². The van der Waals surface area contributed by atoms with Gasteiger partial charge < -0.3 is 9.73 Å². The lowest BCUT2D eigenvalue weighted by atomic mass is 10.1. The number of benzene rings is 1. The van der Waals surface area contributed by atoms with E-state index in [0.717, 1.165) is 16.8 Å². The van der Waals surface area contributed by atoms with Crippen molar-refractivity contribution in [3.63, 3.8) is 0 Å². The summed E-state index contributed by atoms with van der Waals surface area (Å²) in [6, 6.07) is 9.60. The highest BCUT2D eigenvalue weighted by molar-refractivity contribution is 6.16. The zero-order chi connectivity index (χ0) is 12.1. The van der Waals surface area contributed by atoms with Gasteiger partial charge in [0.1, 0.15) is 5.69 Å². The van der Waals surface area contributed by atoms with Crippen LogP contribution in [-0.2, 0) is 12.3 Å². The first-order chi connectivity index (χ1) is 8.33. The average Bonchev–Trinajstić information content (AvgIpc) is 2.86. The number of alkyl halides is 1. The Morgan fingerprint density at radius 3 is 2.71 bits per heavy atom. The van der Waals surface area contributed by atoms with Gasteiger partial charge in [-0.15, -0.1) is 16.8 Å². The molecule has 0 radical (unpaired) electrons. The topological polar surface area (TPSA) is 58.6 Å². The molecule has 0 saturated heterocycles. The van der Waals surface area contributed by atoms with E-state index in [2.05, 4.69) is 10.3 Å². The predicted molar refractivity (Wildman–Crippen MR) is 65.5 cm³/mol. The Morgan fingerprint density at radius 1 is 1.35 bits per heavy atom. The second-order valence-electron chi connectivity index (χ2n) is 3.51. The Hall–Kier alpha value is -1.81. The van der Waals surface area contributed by atoms with Crippen LogP contribution in [0.25, 0.3) is 11.3 Å². The molecule has 1 aromatic carbocycles. The summed E-state index contributed by atoms with van der Waals surface area (Å²) in [6.45, 7) is 0. The van der Waals surface area contributed by atoms with Crippen molar-refractivity contribution in [3.8, 4) is 11.3 Å². The van der Waals surface area contributed by atoms with Gasteiger partial charge in [0.25, 0.3) is 0 Å². The van der Waals surface area contributed by atoms with Crippen LogP contribution in [0.15, 0.2) is 40.0 Å². The van der Waals surface area contributed by atoms with E-state index in [1.165, 1.54) is 6.21 Å². The van der Waals surface area contributed by atoms with Gasteiger partial charge in [-0.3, -0.25) is 0 Å². The first-order valence-corrected chi connectivity index (χ1v) is 5.63. The molecular weight excluding hydrogens is 240 g/mol. The zero-order valence-electron chi connectivity index (χ0n) is 9.01. The lowest BCUT2D eigenvalue weighted by Crippen LogP contribution is -1.86. The normalized spacial score (nSPS) is 11.1. The maximum Gasteiger partial charge on any atom is 0.152 e. The van der Waals surface area contributed by atoms with E-state index >= 15 is 0 Å². The van der Waals surface area contributed by atoms with Gasteiger partial charge in [0.2, 0.25) is 0 Å². The molecule has 0 bridgehead atoms. The summed E-state index contributed by atoms with van der Waals surface area (Å²) in [5, 5.41) is 15.2. The molecule has 0 fully saturated rings. The van der Waals surface area contributed by atoms with E-state index in [9.17, 15) is 0 Å². The summed E-state index contributed by atoms with van der Waals surface area (Å²) in [7, 11) is 0. The second kappa shape index (κ2) is 5.50. The molecule has 88 valence electrons. The molecule has 5 heteroatoms. The minimum absolute atomic E-state index is 0.318. The zero-order valence-corrected chi connectivity index (χ0v) is 9.76. The molecule has 17 heavy (non-hydrogen) atoms. The SMILES string of the molecule is ON=CCc1ccc(-c2cc(CCl)on2)cc1. The molecule has 0 spiro atoms. The molecule has 1 N–H and O–H groups in total. The van der Waals surface area contributed by atoms with Gasteiger partial charge in [-0.1, -0.05) is 29.4 Å². The average molecular weight is 251 g/mol. The molecule has 1 aromatic heterocycles. The quantitative estimate of drug-likeness (QED) is 0.393. The summed E-state index contributed by atoms with van der Waals surface area (Å²) >= 11 is 5.64. The Bertz CT molecular complexity index is 505. The van der Waals surface area contributed by atoms with Crippen LogP contribution in [-0.4, -0.2) is 16.6 Å². The van der Waals surface area contributed by atoms with Crippen molar-refractivity contribution < 1.29 is 9.73 Å². The standard InChI is InChI=1S/C12H11ClN2O2/c13-8-11-7-12(15-17-11)10-3-1-9(2-4-10)5-6-14-16/h1-4,6-7,16H,5,8H2. The molecule has 0 unspecified atom stereocenters. The first kappa shape index (κ1) is 11.7. The summed E-state index contributed by atoms with van der Waals surface area (Å²) in [5.74, 6) is 0.969. The maximum atomic E-state index is 8.32. The van der Waals surface area contributed by atoms with Gasteiger partial charge in [0, 0.05) is 24.3 Å². The van der Waals surface area contributed by atoms with Crippen molar-refractivity contribution in [2.75, 3.05) is 0 Å². The molecule has 0 amide bonds.